The zero-order chi connectivity index (χ0) is 14.2. The molecule has 0 radical (unpaired) electrons. The third-order valence-corrected chi connectivity index (χ3v) is 3.81. The summed E-state index contributed by atoms with van der Waals surface area (Å²) in [5.74, 6) is 0. The van der Waals surface area contributed by atoms with Gasteiger partial charge >= 0.3 is 0 Å². The van der Waals surface area contributed by atoms with Crippen molar-refractivity contribution >= 4 is 10.8 Å². The Bertz CT molecular complexity index is 731. The van der Waals surface area contributed by atoms with E-state index in [-0.39, 0.29) is 5.41 Å². The summed E-state index contributed by atoms with van der Waals surface area (Å²) < 4.78 is 0. The van der Waals surface area contributed by atoms with Crippen LogP contribution in [0.3, 0.4) is 0 Å². The number of hydrogen-bond donors (Lipinski definition) is 0. The van der Waals surface area contributed by atoms with Gasteiger partial charge in [0, 0.05) is 0 Å². The van der Waals surface area contributed by atoms with E-state index in [1.807, 2.05) is 0 Å². The van der Waals surface area contributed by atoms with Crippen LogP contribution >= 0.6 is 0 Å². The fourth-order valence-corrected chi connectivity index (χ4v) is 2.60. The Hall–Kier alpha value is -2.08. The van der Waals surface area contributed by atoms with Crippen LogP contribution in [0.1, 0.15) is 26.3 Å². The number of fused-ring (bicyclic) bond motifs is 1. The SMILES string of the molecule is CC(C)(C)c1cc(-c2ccccc2)c2ccccc2c1. The lowest BCUT2D eigenvalue weighted by Crippen LogP contribution is -2.11. The van der Waals surface area contributed by atoms with Crippen molar-refractivity contribution in [1.82, 2.24) is 0 Å². The Morgan fingerprint density at radius 3 is 2.05 bits per heavy atom. The van der Waals surface area contributed by atoms with Crippen LogP contribution in [0.4, 0.5) is 0 Å². The van der Waals surface area contributed by atoms with Gasteiger partial charge in [0.05, 0.1) is 0 Å². The van der Waals surface area contributed by atoms with Crippen LogP contribution in [0.25, 0.3) is 21.9 Å². The smallest absolute Gasteiger partial charge is 0.0102 e. The molecule has 0 aromatic heterocycles. The van der Waals surface area contributed by atoms with Crippen LogP contribution in [0.2, 0.25) is 0 Å². The molecule has 0 bridgehead atoms. The molecule has 0 saturated carbocycles. The van der Waals surface area contributed by atoms with Crippen LogP contribution in [-0.4, -0.2) is 0 Å². The fourth-order valence-electron chi connectivity index (χ4n) is 2.60. The zero-order valence-corrected chi connectivity index (χ0v) is 12.4. The molecule has 0 aliphatic carbocycles. The topological polar surface area (TPSA) is 0 Å². The Balaban J connectivity index is 2.34. The standard InChI is InChI=1S/C20H20/c1-20(2,3)17-13-16-11-7-8-12-18(16)19(14-17)15-9-5-4-6-10-15/h4-14H,1-3H3. The van der Waals surface area contributed by atoms with Gasteiger partial charge in [0.15, 0.2) is 0 Å². The molecule has 0 saturated heterocycles. The molecule has 0 aliphatic heterocycles. The van der Waals surface area contributed by atoms with Gasteiger partial charge in [0.25, 0.3) is 0 Å². The van der Waals surface area contributed by atoms with Gasteiger partial charge in [-0.05, 0) is 38.9 Å². The van der Waals surface area contributed by atoms with Gasteiger partial charge in [0.1, 0.15) is 0 Å². The van der Waals surface area contributed by atoms with E-state index in [4.69, 9.17) is 0 Å². The van der Waals surface area contributed by atoms with Crippen LogP contribution < -0.4 is 0 Å². The maximum atomic E-state index is 2.34. The lowest BCUT2D eigenvalue weighted by atomic mass is 9.83. The van der Waals surface area contributed by atoms with Crippen molar-refractivity contribution < 1.29 is 0 Å². The van der Waals surface area contributed by atoms with Crippen molar-refractivity contribution in [2.45, 2.75) is 26.2 Å². The van der Waals surface area contributed by atoms with E-state index in [2.05, 4.69) is 87.5 Å². The monoisotopic (exact) mass is 260 g/mol. The summed E-state index contributed by atoms with van der Waals surface area (Å²) >= 11 is 0. The van der Waals surface area contributed by atoms with Crippen LogP contribution in [-0.2, 0) is 5.41 Å². The average molecular weight is 260 g/mol. The van der Waals surface area contributed by atoms with Crippen molar-refractivity contribution in [2.24, 2.45) is 0 Å². The van der Waals surface area contributed by atoms with E-state index in [0.717, 1.165) is 0 Å². The maximum Gasteiger partial charge on any atom is -0.0102 e. The zero-order valence-electron chi connectivity index (χ0n) is 12.4. The predicted octanol–water partition coefficient (Wildman–Crippen LogP) is 5.80. The van der Waals surface area contributed by atoms with Crippen molar-refractivity contribution in [3.63, 3.8) is 0 Å². The fraction of sp³-hybridized carbons (Fsp3) is 0.200. The van der Waals surface area contributed by atoms with Crippen molar-refractivity contribution in [1.29, 1.82) is 0 Å². The van der Waals surface area contributed by atoms with Gasteiger partial charge < -0.3 is 0 Å². The minimum atomic E-state index is 0.160. The molecule has 0 amide bonds. The summed E-state index contributed by atoms with van der Waals surface area (Å²) in [7, 11) is 0. The summed E-state index contributed by atoms with van der Waals surface area (Å²) in [4.78, 5) is 0. The molecule has 0 nitrogen and oxygen atoms in total. The molecule has 0 N–H and O–H groups in total. The second-order valence-corrected chi connectivity index (χ2v) is 6.36. The van der Waals surface area contributed by atoms with E-state index in [1.54, 1.807) is 0 Å². The van der Waals surface area contributed by atoms with Crippen molar-refractivity contribution in [3.8, 4) is 11.1 Å². The minimum Gasteiger partial charge on any atom is -0.0622 e. The van der Waals surface area contributed by atoms with E-state index in [9.17, 15) is 0 Å². The quantitative estimate of drug-likeness (QED) is 0.518. The molecule has 3 rings (SSSR count). The lowest BCUT2D eigenvalue weighted by molar-refractivity contribution is 0.591. The molecule has 100 valence electrons. The first-order valence-corrected chi connectivity index (χ1v) is 7.14. The first kappa shape index (κ1) is 12.9. The molecule has 0 spiro atoms. The highest BCUT2D eigenvalue weighted by Gasteiger charge is 2.16. The van der Waals surface area contributed by atoms with Crippen molar-refractivity contribution in [3.05, 3.63) is 72.3 Å². The van der Waals surface area contributed by atoms with Gasteiger partial charge in [0.2, 0.25) is 0 Å². The van der Waals surface area contributed by atoms with Crippen molar-refractivity contribution in [2.75, 3.05) is 0 Å². The number of benzene rings is 3. The Morgan fingerprint density at radius 1 is 0.700 bits per heavy atom. The molecule has 0 aliphatic rings. The average Bonchev–Trinajstić information content (AvgIpc) is 2.46. The first-order valence-electron chi connectivity index (χ1n) is 7.14. The summed E-state index contributed by atoms with van der Waals surface area (Å²) in [5.41, 5.74) is 4.16. The van der Waals surface area contributed by atoms with E-state index >= 15 is 0 Å². The second-order valence-electron chi connectivity index (χ2n) is 6.36. The van der Waals surface area contributed by atoms with Gasteiger partial charge in [-0.1, -0.05) is 81.4 Å². The number of rotatable bonds is 1. The van der Waals surface area contributed by atoms with Gasteiger partial charge in [-0.25, -0.2) is 0 Å². The van der Waals surface area contributed by atoms with Gasteiger partial charge in [-0.2, -0.15) is 0 Å². The molecule has 0 unspecified atom stereocenters. The van der Waals surface area contributed by atoms with Gasteiger partial charge in [-0.3, -0.25) is 0 Å². The third-order valence-electron chi connectivity index (χ3n) is 3.81. The van der Waals surface area contributed by atoms with Gasteiger partial charge in [-0.15, -0.1) is 0 Å². The highest BCUT2D eigenvalue weighted by atomic mass is 14.2. The summed E-state index contributed by atoms with van der Waals surface area (Å²) in [5, 5.41) is 2.64. The van der Waals surface area contributed by atoms with E-state index < -0.39 is 0 Å². The Morgan fingerprint density at radius 2 is 1.35 bits per heavy atom. The molecule has 3 aromatic carbocycles. The summed E-state index contributed by atoms with van der Waals surface area (Å²) in [6, 6.07) is 24.0. The third kappa shape index (κ3) is 2.34. The van der Waals surface area contributed by atoms with Crippen LogP contribution in [0, 0.1) is 0 Å². The molecule has 20 heavy (non-hydrogen) atoms. The second kappa shape index (κ2) is 4.79. The first-order chi connectivity index (χ1) is 9.55. The minimum absolute atomic E-state index is 0.160. The summed E-state index contributed by atoms with van der Waals surface area (Å²) in [6.45, 7) is 6.81. The molecule has 0 fully saturated rings. The van der Waals surface area contributed by atoms with Crippen LogP contribution in [0.15, 0.2) is 66.7 Å². The molecular formula is C20H20. The highest BCUT2D eigenvalue weighted by Crippen LogP contribution is 2.34. The molecule has 3 aromatic rings. The number of hydrogen-bond acceptors (Lipinski definition) is 0. The highest BCUT2D eigenvalue weighted by molar-refractivity contribution is 5.97. The van der Waals surface area contributed by atoms with Crippen LogP contribution in [0.5, 0.6) is 0 Å². The Labute approximate surface area is 121 Å². The van der Waals surface area contributed by atoms with E-state index in [1.165, 1.54) is 27.5 Å². The predicted molar refractivity (Wildman–Crippen MR) is 88.1 cm³/mol. The molecule has 0 atom stereocenters. The summed E-state index contributed by atoms with van der Waals surface area (Å²) in [6.07, 6.45) is 0. The lowest BCUT2D eigenvalue weighted by Gasteiger charge is -2.21. The largest absolute Gasteiger partial charge is 0.0622 e. The maximum absolute atomic E-state index is 2.34. The molecule has 0 heteroatoms. The molecular weight excluding hydrogens is 240 g/mol. The Kier molecular flexibility index (Phi) is 3.10. The van der Waals surface area contributed by atoms with E-state index in [0.29, 0.717) is 0 Å². The normalized spacial score (nSPS) is 11.8. The molecule has 0 heterocycles.